The Morgan fingerprint density at radius 3 is 2.45 bits per heavy atom. The van der Waals surface area contributed by atoms with Crippen LogP contribution in [0.2, 0.25) is 0 Å². The van der Waals surface area contributed by atoms with E-state index in [0.29, 0.717) is 37.1 Å². The van der Waals surface area contributed by atoms with E-state index in [4.69, 9.17) is 0 Å². The number of sulfonamides is 1. The van der Waals surface area contributed by atoms with Crippen LogP contribution in [0.25, 0.3) is 10.9 Å². The third-order valence-electron chi connectivity index (χ3n) is 5.91. The van der Waals surface area contributed by atoms with Gasteiger partial charge in [0, 0.05) is 29.9 Å². The molecule has 9 heteroatoms. The standard InChI is InChI=1S/C24H23FN4O3S/c1-2-33(31,32)28-13-11-19(12-14-28)27-23-20-5-3-4-6-22(20)29(24(30)21(23)15-26)16-17-7-9-18(25)10-8-17/h2-10,19,27H,1,11-14,16H2. The molecule has 0 aliphatic carbocycles. The Morgan fingerprint density at radius 1 is 1.15 bits per heavy atom. The maximum Gasteiger partial charge on any atom is 0.271 e. The third kappa shape index (κ3) is 4.53. The number of anilines is 1. The van der Waals surface area contributed by atoms with E-state index >= 15 is 0 Å². The van der Waals surface area contributed by atoms with Gasteiger partial charge in [0.15, 0.2) is 0 Å². The highest BCUT2D eigenvalue weighted by Gasteiger charge is 2.27. The maximum atomic E-state index is 13.3. The molecular weight excluding hydrogens is 443 g/mol. The summed E-state index contributed by atoms with van der Waals surface area (Å²) in [5.74, 6) is -0.361. The van der Waals surface area contributed by atoms with E-state index in [1.165, 1.54) is 21.0 Å². The fourth-order valence-corrected chi connectivity index (χ4v) is 5.08. The first-order valence-corrected chi connectivity index (χ1v) is 12.0. The van der Waals surface area contributed by atoms with Crippen LogP contribution in [0.3, 0.4) is 0 Å². The molecule has 0 atom stereocenters. The number of halogens is 1. The molecule has 1 N–H and O–H groups in total. The van der Waals surface area contributed by atoms with Crippen molar-refractivity contribution >= 4 is 26.6 Å². The van der Waals surface area contributed by atoms with Gasteiger partial charge in [-0.15, -0.1) is 0 Å². The van der Waals surface area contributed by atoms with Crippen molar-refractivity contribution in [1.29, 1.82) is 5.26 Å². The number of hydrogen-bond acceptors (Lipinski definition) is 5. The van der Waals surface area contributed by atoms with Gasteiger partial charge >= 0.3 is 0 Å². The average molecular weight is 467 g/mol. The normalized spacial score (nSPS) is 15.3. The summed E-state index contributed by atoms with van der Waals surface area (Å²) in [7, 11) is -3.47. The van der Waals surface area contributed by atoms with Crippen molar-refractivity contribution in [3.8, 4) is 6.07 Å². The number of hydrogen-bond donors (Lipinski definition) is 1. The predicted molar refractivity (Wildman–Crippen MR) is 126 cm³/mol. The Labute approximate surface area is 191 Å². The van der Waals surface area contributed by atoms with Gasteiger partial charge in [0.05, 0.1) is 17.7 Å². The van der Waals surface area contributed by atoms with E-state index < -0.39 is 15.6 Å². The molecule has 1 aliphatic rings. The topological polar surface area (TPSA) is 95.2 Å². The molecular formula is C24H23FN4O3S. The Hall–Kier alpha value is -3.48. The van der Waals surface area contributed by atoms with E-state index in [9.17, 15) is 22.9 Å². The van der Waals surface area contributed by atoms with Gasteiger partial charge in [-0.05, 0) is 36.6 Å². The van der Waals surface area contributed by atoms with E-state index in [0.717, 1.165) is 16.4 Å². The first-order valence-electron chi connectivity index (χ1n) is 10.5. The van der Waals surface area contributed by atoms with Crippen LogP contribution in [-0.4, -0.2) is 36.4 Å². The molecule has 0 spiro atoms. The number of piperidine rings is 1. The number of para-hydroxylation sites is 1. The molecule has 170 valence electrons. The fourth-order valence-electron chi connectivity index (χ4n) is 4.15. The molecule has 2 heterocycles. The zero-order chi connectivity index (χ0) is 23.6. The minimum atomic E-state index is -3.47. The second-order valence-electron chi connectivity index (χ2n) is 7.93. The molecule has 0 saturated carbocycles. The zero-order valence-electron chi connectivity index (χ0n) is 17.9. The number of pyridine rings is 1. The van der Waals surface area contributed by atoms with Crippen molar-refractivity contribution in [2.75, 3.05) is 18.4 Å². The van der Waals surface area contributed by atoms with Gasteiger partial charge in [-0.2, -0.15) is 9.57 Å². The van der Waals surface area contributed by atoms with Gasteiger partial charge < -0.3 is 9.88 Å². The molecule has 1 aromatic heterocycles. The van der Waals surface area contributed by atoms with Crippen molar-refractivity contribution in [2.24, 2.45) is 0 Å². The summed E-state index contributed by atoms with van der Waals surface area (Å²) in [4.78, 5) is 13.3. The van der Waals surface area contributed by atoms with Crippen LogP contribution in [0.15, 0.2) is 65.3 Å². The van der Waals surface area contributed by atoms with Crippen LogP contribution in [0.1, 0.15) is 24.0 Å². The fraction of sp³-hybridized carbons (Fsp3) is 0.250. The molecule has 7 nitrogen and oxygen atoms in total. The predicted octanol–water partition coefficient (Wildman–Crippen LogP) is 3.41. The summed E-state index contributed by atoms with van der Waals surface area (Å²) in [6.07, 6.45) is 1.07. The lowest BCUT2D eigenvalue weighted by atomic mass is 10.0. The van der Waals surface area contributed by atoms with E-state index in [-0.39, 0.29) is 24.0 Å². The van der Waals surface area contributed by atoms with Crippen LogP contribution < -0.4 is 10.9 Å². The molecule has 3 aromatic rings. The van der Waals surface area contributed by atoms with Crippen LogP contribution in [0.5, 0.6) is 0 Å². The molecule has 0 bridgehead atoms. The second-order valence-corrected chi connectivity index (χ2v) is 9.81. The van der Waals surface area contributed by atoms with E-state index in [1.54, 1.807) is 12.1 Å². The van der Waals surface area contributed by atoms with Crippen LogP contribution in [-0.2, 0) is 16.6 Å². The van der Waals surface area contributed by atoms with Crippen molar-refractivity contribution in [3.63, 3.8) is 0 Å². The van der Waals surface area contributed by atoms with Gasteiger partial charge in [-0.1, -0.05) is 36.9 Å². The number of aromatic nitrogens is 1. The van der Waals surface area contributed by atoms with Crippen LogP contribution >= 0.6 is 0 Å². The highest BCUT2D eigenvalue weighted by molar-refractivity contribution is 7.92. The smallest absolute Gasteiger partial charge is 0.271 e. The number of nitrogens with zero attached hydrogens (tertiary/aromatic N) is 3. The Kier molecular flexibility index (Phi) is 6.31. The molecule has 1 aliphatic heterocycles. The number of fused-ring (bicyclic) bond motifs is 1. The minimum absolute atomic E-state index is 0.00282. The van der Waals surface area contributed by atoms with Crippen molar-refractivity contribution in [1.82, 2.24) is 8.87 Å². The summed E-state index contributed by atoms with van der Waals surface area (Å²) in [5, 5.41) is 14.9. The van der Waals surface area contributed by atoms with Gasteiger partial charge in [0.1, 0.15) is 17.4 Å². The Morgan fingerprint density at radius 2 is 1.82 bits per heavy atom. The lowest BCUT2D eigenvalue weighted by Crippen LogP contribution is -2.41. The summed E-state index contributed by atoms with van der Waals surface area (Å²) in [6.45, 7) is 4.22. The Balaban J connectivity index is 1.70. The van der Waals surface area contributed by atoms with E-state index in [2.05, 4.69) is 11.9 Å². The lowest BCUT2D eigenvalue weighted by molar-refractivity contribution is 0.333. The Bertz CT molecular complexity index is 1400. The molecule has 1 fully saturated rings. The average Bonchev–Trinajstić information content (AvgIpc) is 2.83. The van der Waals surface area contributed by atoms with Crippen LogP contribution in [0.4, 0.5) is 10.1 Å². The largest absolute Gasteiger partial charge is 0.380 e. The monoisotopic (exact) mass is 466 g/mol. The highest BCUT2D eigenvalue weighted by Crippen LogP contribution is 2.28. The van der Waals surface area contributed by atoms with Crippen molar-refractivity contribution < 1.29 is 12.8 Å². The maximum absolute atomic E-state index is 13.3. The van der Waals surface area contributed by atoms with E-state index in [1.807, 2.05) is 30.3 Å². The first-order chi connectivity index (χ1) is 15.8. The number of nitriles is 1. The number of nitrogens with one attached hydrogen (secondary N) is 1. The zero-order valence-corrected chi connectivity index (χ0v) is 18.7. The molecule has 0 amide bonds. The molecule has 4 rings (SSSR count). The molecule has 0 unspecified atom stereocenters. The van der Waals surface area contributed by atoms with Gasteiger partial charge in [0.2, 0.25) is 10.0 Å². The second kappa shape index (κ2) is 9.17. The first kappa shape index (κ1) is 22.7. The van der Waals surface area contributed by atoms with Gasteiger partial charge in [-0.25, -0.2) is 12.8 Å². The summed E-state index contributed by atoms with van der Waals surface area (Å²) in [6, 6.07) is 15.2. The van der Waals surface area contributed by atoms with Crippen molar-refractivity contribution in [2.45, 2.75) is 25.4 Å². The summed E-state index contributed by atoms with van der Waals surface area (Å²) in [5.41, 5.74) is 1.41. The van der Waals surface area contributed by atoms with Crippen molar-refractivity contribution in [3.05, 3.63) is 87.8 Å². The molecule has 33 heavy (non-hydrogen) atoms. The summed E-state index contributed by atoms with van der Waals surface area (Å²) >= 11 is 0. The lowest BCUT2D eigenvalue weighted by Gasteiger charge is -2.31. The molecule has 2 aromatic carbocycles. The number of rotatable bonds is 6. The quantitative estimate of drug-likeness (QED) is 0.601. The van der Waals surface area contributed by atoms with Gasteiger partial charge in [0.25, 0.3) is 5.56 Å². The van der Waals surface area contributed by atoms with Crippen LogP contribution in [0, 0.1) is 17.1 Å². The molecule has 1 saturated heterocycles. The van der Waals surface area contributed by atoms with Gasteiger partial charge in [-0.3, -0.25) is 4.79 Å². The summed E-state index contributed by atoms with van der Waals surface area (Å²) < 4.78 is 40.2. The highest BCUT2D eigenvalue weighted by atomic mass is 32.2. The third-order valence-corrected chi connectivity index (χ3v) is 7.42. The SMILES string of the molecule is C=CS(=O)(=O)N1CCC(Nc2c(C#N)c(=O)n(Cc3ccc(F)cc3)c3ccccc23)CC1. The minimum Gasteiger partial charge on any atom is -0.380 e. The molecule has 0 radical (unpaired) electrons. The number of benzene rings is 2.